The van der Waals surface area contributed by atoms with Crippen molar-refractivity contribution in [2.24, 2.45) is 0 Å². The molecular formula is C57H44N2. The fourth-order valence-corrected chi connectivity index (χ4v) is 8.71. The molecule has 59 heavy (non-hydrogen) atoms. The van der Waals surface area contributed by atoms with E-state index >= 15 is 0 Å². The molecule has 1 aliphatic carbocycles. The maximum Gasteiger partial charge on any atom is 0.0468 e. The highest BCUT2D eigenvalue weighted by molar-refractivity contribution is 5.91. The average Bonchev–Trinajstić information content (AvgIpc) is 3.52. The molecule has 9 aromatic rings. The molecule has 0 saturated carbocycles. The highest BCUT2D eigenvalue weighted by Crippen LogP contribution is 2.50. The van der Waals surface area contributed by atoms with Gasteiger partial charge >= 0.3 is 0 Å². The normalized spacial score (nSPS) is 12.6. The predicted octanol–water partition coefficient (Wildman–Crippen LogP) is 15.9. The number of hydrogen-bond acceptors (Lipinski definition) is 2. The van der Waals surface area contributed by atoms with E-state index in [1.807, 2.05) is 0 Å². The Kier molecular flexibility index (Phi) is 9.24. The van der Waals surface area contributed by atoms with Crippen LogP contribution in [0.1, 0.15) is 36.1 Å². The van der Waals surface area contributed by atoms with Crippen LogP contribution < -0.4 is 9.80 Å². The van der Waals surface area contributed by atoms with Crippen molar-refractivity contribution in [2.45, 2.75) is 19.3 Å². The summed E-state index contributed by atoms with van der Waals surface area (Å²) in [5.41, 5.74) is 16.8. The lowest BCUT2D eigenvalue weighted by atomic mass is 9.82. The van der Waals surface area contributed by atoms with Gasteiger partial charge in [-0.15, -0.1) is 0 Å². The van der Waals surface area contributed by atoms with Gasteiger partial charge in [0.1, 0.15) is 0 Å². The smallest absolute Gasteiger partial charge is 0.0468 e. The highest BCUT2D eigenvalue weighted by atomic mass is 15.1. The van der Waals surface area contributed by atoms with Crippen LogP contribution in [0.3, 0.4) is 0 Å². The maximum atomic E-state index is 2.41. The lowest BCUT2D eigenvalue weighted by Crippen LogP contribution is -2.16. The molecule has 0 spiro atoms. The van der Waals surface area contributed by atoms with Crippen molar-refractivity contribution in [3.05, 3.63) is 241 Å². The summed E-state index contributed by atoms with van der Waals surface area (Å²) >= 11 is 0. The van der Waals surface area contributed by atoms with Gasteiger partial charge in [0.2, 0.25) is 0 Å². The first kappa shape index (κ1) is 36.0. The van der Waals surface area contributed by atoms with Crippen LogP contribution in [0, 0.1) is 0 Å². The van der Waals surface area contributed by atoms with Crippen LogP contribution in [-0.2, 0) is 5.41 Å². The van der Waals surface area contributed by atoms with E-state index in [-0.39, 0.29) is 5.41 Å². The molecule has 0 bridgehead atoms. The van der Waals surface area contributed by atoms with Gasteiger partial charge in [-0.05, 0) is 128 Å². The molecule has 0 unspecified atom stereocenters. The summed E-state index contributed by atoms with van der Waals surface area (Å²) in [5.74, 6) is 0. The molecule has 1 aliphatic rings. The van der Waals surface area contributed by atoms with Crippen molar-refractivity contribution in [3.8, 4) is 22.3 Å². The SMILES string of the molecule is CC1(C)c2ccccc2-c2ccc(N(c3ccc(-c4ccc(/C=C/c5ccc(N(c6ccccc6)c6ccccc6)cc5)cc4)cc3)c3ccc4ccccc4c3)cc21. The van der Waals surface area contributed by atoms with E-state index in [0.717, 1.165) is 45.3 Å². The monoisotopic (exact) mass is 756 g/mol. The maximum absolute atomic E-state index is 2.41. The molecule has 9 aromatic carbocycles. The minimum Gasteiger partial charge on any atom is -0.311 e. The second-order valence-electron chi connectivity index (χ2n) is 15.9. The standard InChI is InChI=1S/C57H44N2/c1-57(2)55-20-12-11-19-53(55)54-38-37-52(40-56(54)57)59(51-36-31-43-13-9-10-14-46(43)39-51)50-34-29-45(30-35-50)44-27-23-41(24-28-44)21-22-42-25-32-49(33-26-42)58(47-15-5-3-6-16-47)48-17-7-4-8-18-48/h3-40H,1-2H3/b22-21+. The second kappa shape index (κ2) is 15.2. The zero-order valence-electron chi connectivity index (χ0n) is 33.3. The Hall–Kier alpha value is -7.42. The fraction of sp³-hybridized carbons (Fsp3) is 0.0526. The summed E-state index contributed by atoms with van der Waals surface area (Å²) in [6.07, 6.45) is 4.37. The van der Waals surface area contributed by atoms with Gasteiger partial charge in [0, 0.05) is 39.5 Å². The summed E-state index contributed by atoms with van der Waals surface area (Å²) < 4.78 is 0. The van der Waals surface area contributed by atoms with E-state index in [1.165, 1.54) is 44.2 Å². The number of nitrogens with zero attached hydrogens (tertiary/aromatic N) is 2. The first-order valence-corrected chi connectivity index (χ1v) is 20.4. The van der Waals surface area contributed by atoms with Crippen molar-refractivity contribution < 1.29 is 0 Å². The quantitative estimate of drug-likeness (QED) is 0.135. The number of benzene rings is 9. The van der Waals surface area contributed by atoms with Crippen LogP contribution in [0.2, 0.25) is 0 Å². The van der Waals surface area contributed by atoms with Crippen LogP contribution in [0.5, 0.6) is 0 Å². The predicted molar refractivity (Wildman–Crippen MR) is 252 cm³/mol. The Morgan fingerprint density at radius 1 is 0.322 bits per heavy atom. The number of para-hydroxylation sites is 2. The van der Waals surface area contributed by atoms with Crippen LogP contribution in [-0.4, -0.2) is 0 Å². The third kappa shape index (κ3) is 6.89. The van der Waals surface area contributed by atoms with Gasteiger partial charge in [-0.1, -0.05) is 172 Å². The molecule has 0 fully saturated rings. The van der Waals surface area contributed by atoms with Crippen molar-refractivity contribution in [1.82, 2.24) is 0 Å². The molecule has 0 aromatic heterocycles. The summed E-state index contributed by atoms with van der Waals surface area (Å²) in [4.78, 5) is 4.68. The molecule has 0 saturated heterocycles. The Balaban J connectivity index is 0.907. The molecule has 0 radical (unpaired) electrons. The third-order valence-corrected chi connectivity index (χ3v) is 11.8. The van der Waals surface area contributed by atoms with Gasteiger partial charge in [-0.3, -0.25) is 0 Å². The highest BCUT2D eigenvalue weighted by Gasteiger charge is 2.35. The van der Waals surface area contributed by atoms with Gasteiger partial charge in [-0.25, -0.2) is 0 Å². The summed E-state index contributed by atoms with van der Waals surface area (Å²) in [7, 11) is 0. The average molecular weight is 757 g/mol. The van der Waals surface area contributed by atoms with E-state index in [0.29, 0.717) is 0 Å². The molecule has 10 rings (SSSR count). The van der Waals surface area contributed by atoms with Gasteiger partial charge in [0.15, 0.2) is 0 Å². The Morgan fingerprint density at radius 2 is 0.746 bits per heavy atom. The van der Waals surface area contributed by atoms with E-state index in [2.05, 4.69) is 254 Å². The Labute approximate surface area is 347 Å². The number of fused-ring (bicyclic) bond motifs is 4. The molecular weight excluding hydrogens is 713 g/mol. The number of rotatable bonds is 9. The molecule has 0 N–H and O–H groups in total. The lowest BCUT2D eigenvalue weighted by molar-refractivity contribution is 0.660. The first-order valence-electron chi connectivity index (χ1n) is 20.4. The van der Waals surface area contributed by atoms with Crippen molar-refractivity contribution in [1.29, 1.82) is 0 Å². The molecule has 0 heterocycles. The van der Waals surface area contributed by atoms with Crippen LogP contribution >= 0.6 is 0 Å². The molecule has 0 aliphatic heterocycles. The summed E-state index contributed by atoms with van der Waals surface area (Å²) in [6.45, 7) is 4.70. The second-order valence-corrected chi connectivity index (χ2v) is 15.9. The molecule has 2 heteroatoms. The Bertz CT molecular complexity index is 2890. The van der Waals surface area contributed by atoms with E-state index in [1.54, 1.807) is 0 Å². The largest absolute Gasteiger partial charge is 0.311 e. The molecule has 0 amide bonds. The molecule has 0 atom stereocenters. The van der Waals surface area contributed by atoms with E-state index < -0.39 is 0 Å². The topological polar surface area (TPSA) is 6.48 Å². The minimum absolute atomic E-state index is 0.0835. The number of hydrogen-bond donors (Lipinski definition) is 0. The lowest BCUT2D eigenvalue weighted by Gasteiger charge is -2.28. The van der Waals surface area contributed by atoms with E-state index in [4.69, 9.17) is 0 Å². The van der Waals surface area contributed by atoms with Gasteiger partial charge < -0.3 is 9.80 Å². The van der Waals surface area contributed by atoms with Gasteiger partial charge in [-0.2, -0.15) is 0 Å². The third-order valence-electron chi connectivity index (χ3n) is 11.8. The summed E-state index contributed by atoms with van der Waals surface area (Å²) in [5, 5.41) is 2.46. The first-order chi connectivity index (χ1) is 29.0. The van der Waals surface area contributed by atoms with Gasteiger partial charge in [0.05, 0.1) is 0 Å². The van der Waals surface area contributed by atoms with Gasteiger partial charge in [0.25, 0.3) is 0 Å². The van der Waals surface area contributed by atoms with Crippen LogP contribution in [0.4, 0.5) is 34.1 Å². The minimum atomic E-state index is -0.0835. The van der Waals surface area contributed by atoms with E-state index in [9.17, 15) is 0 Å². The van der Waals surface area contributed by atoms with Crippen molar-refractivity contribution in [2.75, 3.05) is 9.80 Å². The Morgan fingerprint density at radius 3 is 1.39 bits per heavy atom. The zero-order valence-corrected chi connectivity index (χ0v) is 33.3. The van der Waals surface area contributed by atoms with Crippen LogP contribution in [0.25, 0.3) is 45.2 Å². The van der Waals surface area contributed by atoms with Crippen LogP contribution in [0.15, 0.2) is 218 Å². The molecule has 282 valence electrons. The van der Waals surface area contributed by atoms with Crippen molar-refractivity contribution in [3.63, 3.8) is 0 Å². The fourth-order valence-electron chi connectivity index (χ4n) is 8.71. The van der Waals surface area contributed by atoms with Crippen molar-refractivity contribution >= 4 is 57.0 Å². The summed E-state index contributed by atoms with van der Waals surface area (Å²) in [6, 6.07) is 78.9. The zero-order chi connectivity index (χ0) is 39.8. The molecule has 2 nitrogen and oxygen atoms in total. The number of anilines is 6.